The molecular weight excluding hydrogens is 228 g/mol. The molecule has 18 heavy (non-hydrogen) atoms. The van der Waals surface area contributed by atoms with Crippen LogP contribution in [0.5, 0.6) is 0 Å². The van der Waals surface area contributed by atoms with Crippen molar-refractivity contribution in [2.45, 2.75) is 50.7 Å². The first-order chi connectivity index (χ1) is 8.86. The van der Waals surface area contributed by atoms with Gasteiger partial charge in [-0.3, -0.25) is 4.79 Å². The van der Waals surface area contributed by atoms with Gasteiger partial charge in [0.2, 0.25) is 0 Å². The van der Waals surface area contributed by atoms with Crippen LogP contribution in [0.1, 0.15) is 38.5 Å². The highest BCUT2D eigenvalue weighted by atomic mass is 16.5. The molecule has 3 rings (SSSR count). The van der Waals surface area contributed by atoms with Gasteiger partial charge in [0.1, 0.15) is 6.10 Å². The standard InChI is InChI=1S/C14H24N2O2/c17-14(13-10-15-7-9-18-13)16-8-3-6-12(16)11-4-1-2-5-11/h11-13,15H,1-10H2. The maximum atomic E-state index is 12.5. The lowest BCUT2D eigenvalue weighted by molar-refractivity contribution is -0.147. The number of ether oxygens (including phenoxy) is 1. The molecule has 3 aliphatic rings. The predicted molar refractivity (Wildman–Crippen MR) is 69.3 cm³/mol. The molecule has 0 aromatic rings. The first-order valence-electron chi connectivity index (χ1n) is 7.49. The molecule has 0 bridgehead atoms. The first kappa shape index (κ1) is 12.4. The Morgan fingerprint density at radius 1 is 1.17 bits per heavy atom. The zero-order valence-corrected chi connectivity index (χ0v) is 11.1. The number of hydrogen-bond acceptors (Lipinski definition) is 3. The van der Waals surface area contributed by atoms with Crippen LogP contribution in [0.25, 0.3) is 0 Å². The molecule has 1 aliphatic carbocycles. The van der Waals surface area contributed by atoms with Crippen molar-refractivity contribution in [2.24, 2.45) is 5.92 Å². The molecule has 0 radical (unpaired) electrons. The van der Waals surface area contributed by atoms with Crippen LogP contribution in [-0.2, 0) is 9.53 Å². The highest BCUT2D eigenvalue weighted by Crippen LogP contribution is 2.35. The third-order valence-corrected chi connectivity index (χ3v) is 4.73. The van der Waals surface area contributed by atoms with Crippen molar-refractivity contribution in [3.8, 4) is 0 Å². The summed E-state index contributed by atoms with van der Waals surface area (Å²) in [7, 11) is 0. The SMILES string of the molecule is O=C(C1CNCCO1)N1CCCC1C1CCCC1. The van der Waals surface area contributed by atoms with Gasteiger partial charge in [-0.2, -0.15) is 0 Å². The van der Waals surface area contributed by atoms with E-state index in [0.717, 1.165) is 19.0 Å². The maximum absolute atomic E-state index is 12.5. The summed E-state index contributed by atoms with van der Waals surface area (Å²) in [5.74, 6) is 0.990. The largest absolute Gasteiger partial charge is 0.366 e. The van der Waals surface area contributed by atoms with Crippen molar-refractivity contribution >= 4 is 5.91 Å². The highest BCUT2D eigenvalue weighted by Gasteiger charge is 2.38. The highest BCUT2D eigenvalue weighted by molar-refractivity contribution is 5.82. The van der Waals surface area contributed by atoms with Gasteiger partial charge in [-0.05, 0) is 31.6 Å². The van der Waals surface area contributed by atoms with Crippen molar-refractivity contribution in [1.82, 2.24) is 10.2 Å². The monoisotopic (exact) mass is 252 g/mol. The summed E-state index contributed by atoms with van der Waals surface area (Å²) in [6.07, 6.45) is 7.48. The first-order valence-corrected chi connectivity index (χ1v) is 7.49. The average molecular weight is 252 g/mol. The number of likely N-dealkylation sites (tertiary alicyclic amines) is 1. The quantitative estimate of drug-likeness (QED) is 0.802. The van der Waals surface area contributed by atoms with Crippen LogP contribution >= 0.6 is 0 Å². The lowest BCUT2D eigenvalue weighted by Gasteiger charge is -2.33. The number of carbonyl (C=O) groups is 1. The van der Waals surface area contributed by atoms with E-state index in [9.17, 15) is 4.79 Å². The second-order valence-corrected chi connectivity index (χ2v) is 5.85. The molecule has 3 fully saturated rings. The molecule has 2 unspecified atom stereocenters. The van der Waals surface area contributed by atoms with Crippen LogP contribution in [0, 0.1) is 5.92 Å². The minimum Gasteiger partial charge on any atom is -0.366 e. The fraction of sp³-hybridized carbons (Fsp3) is 0.929. The van der Waals surface area contributed by atoms with E-state index in [1.807, 2.05) is 0 Å². The van der Waals surface area contributed by atoms with E-state index in [2.05, 4.69) is 10.2 Å². The average Bonchev–Trinajstić information content (AvgIpc) is 3.09. The van der Waals surface area contributed by atoms with Gasteiger partial charge in [0.25, 0.3) is 5.91 Å². The third-order valence-electron chi connectivity index (χ3n) is 4.73. The smallest absolute Gasteiger partial charge is 0.253 e. The molecule has 102 valence electrons. The molecule has 2 atom stereocenters. The normalized spacial score (nSPS) is 34.1. The van der Waals surface area contributed by atoms with E-state index in [1.165, 1.54) is 38.5 Å². The Labute approximate surface area is 109 Å². The topological polar surface area (TPSA) is 41.6 Å². The van der Waals surface area contributed by atoms with Crippen LogP contribution in [0.15, 0.2) is 0 Å². The summed E-state index contributed by atoms with van der Waals surface area (Å²) in [5, 5.41) is 3.25. The number of morpholine rings is 1. The van der Waals surface area contributed by atoms with E-state index >= 15 is 0 Å². The Kier molecular flexibility index (Phi) is 3.85. The number of hydrogen-bond donors (Lipinski definition) is 1. The molecule has 1 saturated carbocycles. The second-order valence-electron chi connectivity index (χ2n) is 5.85. The Morgan fingerprint density at radius 2 is 2.00 bits per heavy atom. The fourth-order valence-electron chi connectivity index (χ4n) is 3.81. The van der Waals surface area contributed by atoms with Crippen LogP contribution < -0.4 is 5.32 Å². The van der Waals surface area contributed by atoms with Crippen molar-refractivity contribution in [3.63, 3.8) is 0 Å². The Bertz CT molecular complexity index is 296. The minimum absolute atomic E-state index is 0.233. The lowest BCUT2D eigenvalue weighted by Crippen LogP contribution is -2.51. The van der Waals surface area contributed by atoms with Gasteiger partial charge < -0.3 is 15.0 Å². The number of amides is 1. The van der Waals surface area contributed by atoms with Gasteiger partial charge >= 0.3 is 0 Å². The maximum Gasteiger partial charge on any atom is 0.253 e. The molecule has 4 nitrogen and oxygen atoms in total. The minimum atomic E-state index is -0.235. The van der Waals surface area contributed by atoms with Crippen LogP contribution in [0.4, 0.5) is 0 Å². The molecule has 2 aliphatic heterocycles. The summed E-state index contributed by atoms with van der Waals surface area (Å²) in [6.45, 7) is 3.17. The number of rotatable bonds is 2. The fourth-order valence-corrected chi connectivity index (χ4v) is 3.81. The van der Waals surface area contributed by atoms with E-state index in [4.69, 9.17) is 4.74 Å². The zero-order chi connectivity index (χ0) is 12.4. The lowest BCUT2D eigenvalue weighted by atomic mass is 9.95. The van der Waals surface area contributed by atoms with Crippen molar-refractivity contribution in [2.75, 3.05) is 26.2 Å². The summed E-state index contributed by atoms with van der Waals surface area (Å²) >= 11 is 0. The van der Waals surface area contributed by atoms with Gasteiger partial charge in [0, 0.05) is 25.7 Å². The summed E-state index contributed by atoms with van der Waals surface area (Å²) in [4.78, 5) is 14.7. The third kappa shape index (κ3) is 2.41. The van der Waals surface area contributed by atoms with E-state index in [0.29, 0.717) is 19.2 Å². The van der Waals surface area contributed by atoms with Crippen LogP contribution in [-0.4, -0.2) is 49.2 Å². The van der Waals surface area contributed by atoms with Gasteiger partial charge in [0.15, 0.2) is 0 Å². The molecule has 1 N–H and O–H groups in total. The van der Waals surface area contributed by atoms with Crippen LogP contribution in [0.3, 0.4) is 0 Å². The molecule has 2 heterocycles. The molecule has 4 heteroatoms. The molecule has 0 aromatic carbocycles. The molecular formula is C14H24N2O2. The molecule has 1 amide bonds. The van der Waals surface area contributed by atoms with Crippen molar-refractivity contribution < 1.29 is 9.53 Å². The number of carbonyl (C=O) groups excluding carboxylic acids is 1. The Hall–Kier alpha value is -0.610. The second kappa shape index (κ2) is 5.57. The molecule has 0 aromatic heterocycles. The zero-order valence-electron chi connectivity index (χ0n) is 11.1. The van der Waals surface area contributed by atoms with Gasteiger partial charge in [-0.15, -0.1) is 0 Å². The van der Waals surface area contributed by atoms with E-state index < -0.39 is 0 Å². The van der Waals surface area contributed by atoms with Gasteiger partial charge in [-0.1, -0.05) is 12.8 Å². The number of nitrogens with one attached hydrogen (secondary N) is 1. The predicted octanol–water partition coefficient (Wildman–Crippen LogP) is 1.16. The number of nitrogens with zero attached hydrogens (tertiary/aromatic N) is 1. The van der Waals surface area contributed by atoms with Gasteiger partial charge in [-0.25, -0.2) is 0 Å². The Morgan fingerprint density at radius 3 is 2.72 bits per heavy atom. The van der Waals surface area contributed by atoms with Crippen LogP contribution in [0.2, 0.25) is 0 Å². The van der Waals surface area contributed by atoms with E-state index in [-0.39, 0.29) is 12.0 Å². The van der Waals surface area contributed by atoms with Crippen molar-refractivity contribution in [3.05, 3.63) is 0 Å². The summed E-state index contributed by atoms with van der Waals surface area (Å²) in [6, 6.07) is 0.505. The van der Waals surface area contributed by atoms with E-state index in [1.54, 1.807) is 0 Å². The molecule has 2 saturated heterocycles. The summed E-state index contributed by atoms with van der Waals surface area (Å²) < 4.78 is 5.61. The van der Waals surface area contributed by atoms with Gasteiger partial charge in [0.05, 0.1) is 6.61 Å². The van der Waals surface area contributed by atoms with Crippen molar-refractivity contribution in [1.29, 1.82) is 0 Å². The molecule has 0 spiro atoms. The Balaban J connectivity index is 1.63. The summed E-state index contributed by atoms with van der Waals surface area (Å²) in [5.41, 5.74) is 0.